The number of pyridine rings is 1. The van der Waals surface area contributed by atoms with Gasteiger partial charge in [0.05, 0.1) is 24.0 Å². The minimum atomic E-state index is -0.946. The Balaban J connectivity index is 1.83. The van der Waals surface area contributed by atoms with Gasteiger partial charge in [-0.2, -0.15) is 0 Å². The summed E-state index contributed by atoms with van der Waals surface area (Å²) in [7, 11) is 0. The smallest absolute Gasteiger partial charge is 0.337 e. The molecule has 0 bridgehead atoms. The van der Waals surface area contributed by atoms with Crippen LogP contribution in [0.5, 0.6) is 0 Å². The number of aromatic carboxylic acids is 1. The zero-order valence-corrected chi connectivity index (χ0v) is 10.5. The summed E-state index contributed by atoms with van der Waals surface area (Å²) in [6, 6.07) is 3.29. The molecule has 1 aromatic rings. The van der Waals surface area contributed by atoms with Crippen LogP contribution in [-0.4, -0.2) is 22.2 Å². The molecule has 1 fully saturated rings. The van der Waals surface area contributed by atoms with Crippen LogP contribution in [0.25, 0.3) is 0 Å². The molecule has 1 saturated carbocycles. The summed E-state index contributed by atoms with van der Waals surface area (Å²) in [5.74, 6) is -0.946. The number of hydrogen-bond acceptors (Lipinski definition) is 3. The highest BCUT2D eigenvalue weighted by atomic mass is 16.5. The Morgan fingerprint density at radius 1 is 1.28 bits per heavy atom. The second-order valence-electron chi connectivity index (χ2n) is 4.77. The van der Waals surface area contributed by atoms with Gasteiger partial charge in [0.1, 0.15) is 0 Å². The van der Waals surface area contributed by atoms with Crippen molar-refractivity contribution in [2.24, 2.45) is 0 Å². The van der Waals surface area contributed by atoms with Crippen LogP contribution in [-0.2, 0) is 11.3 Å². The van der Waals surface area contributed by atoms with Gasteiger partial charge >= 0.3 is 5.97 Å². The van der Waals surface area contributed by atoms with Crippen molar-refractivity contribution in [3.05, 3.63) is 29.6 Å². The van der Waals surface area contributed by atoms with Crippen molar-refractivity contribution in [3.8, 4) is 0 Å². The van der Waals surface area contributed by atoms with Crippen molar-refractivity contribution in [2.45, 2.75) is 51.2 Å². The Hall–Kier alpha value is -1.42. The molecule has 4 nitrogen and oxygen atoms in total. The number of nitrogens with zero attached hydrogens (tertiary/aromatic N) is 1. The first-order valence-electron chi connectivity index (χ1n) is 6.55. The van der Waals surface area contributed by atoms with Crippen LogP contribution >= 0.6 is 0 Å². The van der Waals surface area contributed by atoms with E-state index in [9.17, 15) is 4.79 Å². The SMILES string of the molecule is O=C(O)c1ccc(COC2CCCCCC2)nc1. The fourth-order valence-corrected chi connectivity index (χ4v) is 2.25. The Morgan fingerprint density at radius 3 is 2.56 bits per heavy atom. The van der Waals surface area contributed by atoms with Gasteiger partial charge in [0.2, 0.25) is 0 Å². The Morgan fingerprint density at radius 2 is 2.00 bits per heavy atom. The largest absolute Gasteiger partial charge is 0.478 e. The van der Waals surface area contributed by atoms with Gasteiger partial charge in [0.25, 0.3) is 0 Å². The number of carbonyl (C=O) groups is 1. The van der Waals surface area contributed by atoms with Crippen molar-refractivity contribution in [3.63, 3.8) is 0 Å². The first kappa shape index (κ1) is 13.0. The fourth-order valence-electron chi connectivity index (χ4n) is 2.25. The zero-order valence-electron chi connectivity index (χ0n) is 10.5. The van der Waals surface area contributed by atoms with Crippen LogP contribution in [0, 0.1) is 0 Å². The van der Waals surface area contributed by atoms with Gasteiger partial charge in [0.15, 0.2) is 0 Å². The van der Waals surface area contributed by atoms with Crippen LogP contribution < -0.4 is 0 Å². The summed E-state index contributed by atoms with van der Waals surface area (Å²) in [5, 5.41) is 8.77. The molecule has 2 rings (SSSR count). The minimum absolute atomic E-state index is 0.216. The van der Waals surface area contributed by atoms with Crippen molar-refractivity contribution in [2.75, 3.05) is 0 Å². The molecule has 0 radical (unpaired) electrons. The first-order chi connectivity index (χ1) is 8.75. The highest BCUT2D eigenvalue weighted by Gasteiger charge is 2.13. The molecular weight excluding hydrogens is 230 g/mol. The maximum atomic E-state index is 10.7. The molecule has 1 aliphatic carbocycles. The highest BCUT2D eigenvalue weighted by molar-refractivity contribution is 5.87. The molecule has 0 aromatic carbocycles. The number of hydrogen-bond donors (Lipinski definition) is 1. The second kappa shape index (κ2) is 6.50. The lowest BCUT2D eigenvalue weighted by Crippen LogP contribution is -2.12. The first-order valence-corrected chi connectivity index (χ1v) is 6.55. The van der Waals surface area contributed by atoms with Gasteiger partial charge in [-0.3, -0.25) is 4.98 Å². The van der Waals surface area contributed by atoms with E-state index in [-0.39, 0.29) is 5.56 Å². The molecule has 0 amide bonds. The number of ether oxygens (including phenoxy) is 1. The van der Waals surface area contributed by atoms with E-state index >= 15 is 0 Å². The topological polar surface area (TPSA) is 59.4 Å². The standard InChI is InChI=1S/C14H19NO3/c16-14(17)11-7-8-12(15-9-11)10-18-13-5-3-1-2-4-6-13/h7-9,13H,1-6,10H2,(H,16,17). The van der Waals surface area contributed by atoms with E-state index in [2.05, 4.69) is 4.98 Å². The van der Waals surface area contributed by atoms with E-state index in [1.165, 1.54) is 31.9 Å². The average Bonchev–Trinajstić information content (AvgIpc) is 2.65. The molecule has 0 spiro atoms. The highest BCUT2D eigenvalue weighted by Crippen LogP contribution is 2.20. The molecular formula is C14H19NO3. The van der Waals surface area contributed by atoms with Gasteiger partial charge in [-0.05, 0) is 25.0 Å². The number of carboxylic acid groups (broad SMARTS) is 1. The summed E-state index contributed by atoms with van der Waals surface area (Å²) in [6.07, 6.45) is 9.10. The van der Waals surface area contributed by atoms with Crippen molar-refractivity contribution in [1.29, 1.82) is 0 Å². The summed E-state index contributed by atoms with van der Waals surface area (Å²) in [6.45, 7) is 0.477. The van der Waals surface area contributed by atoms with Gasteiger partial charge in [-0.1, -0.05) is 25.7 Å². The van der Waals surface area contributed by atoms with E-state index in [0.29, 0.717) is 12.7 Å². The van der Waals surface area contributed by atoms with Gasteiger partial charge < -0.3 is 9.84 Å². The van der Waals surface area contributed by atoms with Gasteiger partial charge in [-0.25, -0.2) is 4.79 Å². The lowest BCUT2D eigenvalue weighted by molar-refractivity contribution is 0.0292. The molecule has 98 valence electrons. The van der Waals surface area contributed by atoms with Gasteiger partial charge in [0, 0.05) is 6.20 Å². The summed E-state index contributed by atoms with van der Waals surface area (Å²) >= 11 is 0. The molecule has 18 heavy (non-hydrogen) atoms. The third kappa shape index (κ3) is 3.81. The minimum Gasteiger partial charge on any atom is -0.478 e. The Labute approximate surface area is 107 Å². The van der Waals surface area contributed by atoms with Crippen molar-refractivity contribution >= 4 is 5.97 Å². The number of carboxylic acids is 1. The lowest BCUT2D eigenvalue weighted by Gasteiger charge is -2.14. The van der Waals surface area contributed by atoms with E-state index < -0.39 is 5.97 Å². The molecule has 1 aromatic heterocycles. The van der Waals surface area contributed by atoms with E-state index in [1.54, 1.807) is 12.1 Å². The van der Waals surface area contributed by atoms with Crippen LogP contribution in [0.3, 0.4) is 0 Å². The molecule has 0 unspecified atom stereocenters. The quantitative estimate of drug-likeness (QED) is 0.833. The Kier molecular flexibility index (Phi) is 4.70. The molecule has 0 saturated heterocycles. The van der Waals surface area contributed by atoms with Crippen LogP contribution in [0.1, 0.15) is 54.6 Å². The predicted molar refractivity (Wildman–Crippen MR) is 67.5 cm³/mol. The molecule has 1 aliphatic rings. The lowest BCUT2D eigenvalue weighted by atomic mass is 10.1. The second-order valence-corrected chi connectivity index (χ2v) is 4.77. The van der Waals surface area contributed by atoms with E-state index in [1.807, 2.05) is 0 Å². The summed E-state index contributed by atoms with van der Waals surface area (Å²) in [5.41, 5.74) is 1.01. The normalized spacial score (nSPS) is 17.3. The monoisotopic (exact) mass is 249 g/mol. The number of aromatic nitrogens is 1. The zero-order chi connectivity index (χ0) is 12.8. The molecule has 1 heterocycles. The molecule has 4 heteroatoms. The van der Waals surface area contributed by atoms with E-state index in [4.69, 9.17) is 9.84 Å². The van der Waals surface area contributed by atoms with Crippen molar-refractivity contribution in [1.82, 2.24) is 4.98 Å². The third-order valence-electron chi connectivity index (χ3n) is 3.34. The fraction of sp³-hybridized carbons (Fsp3) is 0.571. The third-order valence-corrected chi connectivity index (χ3v) is 3.34. The maximum absolute atomic E-state index is 10.7. The summed E-state index contributed by atoms with van der Waals surface area (Å²) in [4.78, 5) is 14.8. The average molecular weight is 249 g/mol. The molecule has 1 N–H and O–H groups in total. The molecule has 0 atom stereocenters. The van der Waals surface area contributed by atoms with E-state index in [0.717, 1.165) is 18.5 Å². The molecule has 0 aliphatic heterocycles. The van der Waals surface area contributed by atoms with Crippen LogP contribution in [0.4, 0.5) is 0 Å². The summed E-state index contributed by atoms with van der Waals surface area (Å²) < 4.78 is 5.84. The van der Waals surface area contributed by atoms with Crippen molar-refractivity contribution < 1.29 is 14.6 Å². The Bertz CT molecular complexity index is 381. The maximum Gasteiger partial charge on any atom is 0.337 e. The van der Waals surface area contributed by atoms with Crippen LogP contribution in [0.15, 0.2) is 18.3 Å². The van der Waals surface area contributed by atoms with Crippen LogP contribution in [0.2, 0.25) is 0 Å². The predicted octanol–water partition coefficient (Wildman–Crippen LogP) is 3.02. The number of rotatable bonds is 4. The van der Waals surface area contributed by atoms with Gasteiger partial charge in [-0.15, -0.1) is 0 Å².